The van der Waals surface area contributed by atoms with Gasteiger partial charge in [0.2, 0.25) is 0 Å². The van der Waals surface area contributed by atoms with Crippen molar-refractivity contribution in [3.8, 4) is 5.75 Å². The maximum Gasteiger partial charge on any atom is 2.00 e. The summed E-state index contributed by atoms with van der Waals surface area (Å²) in [5.41, 5.74) is 1.18. The fraction of sp³-hybridized carbons (Fsp3) is 0.200. The molecule has 0 N–H and O–H groups in total. The summed E-state index contributed by atoms with van der Waals surface area (Å²) < 4.78 is 11.0. The van der Waals surface area contributed by atoms with Gasteiger partial charge in [0.1, 0.15) is 6.61 Å². The molecular weight excluding hydrogens is 316 g/mol. The van der Waals surface area contributed by atoms with Crippen LogP contribution in [0.25, 0.3) is 0 Å². The number of hydrogen-bond acceptors (Lipinski definition) is 2. The van der Waals surface area contributed by atoms with Crippen LogP contribution in [0.15, 0.2) is 54.6 Å². The molecular formula is C15H15BrMgO2. The average Bonchev–Trinajstić information content (AvgIpc) is 2.41. The maximum atomic E-state index is 5.50. The molecule has 96 valence electrons. The summed E-state index contributed by atoms with van der Waals surface area (Å²) >= 11 is 0. The summed E-state index contributed by atoms with van der Waals surface area (Å²) in [6, 6.07) is 20.7. The van der Waals surface area contributed by atoms with Crippen molar-refractivity contribution in [2.24, 2.45) is 0 Å². The van der Waals surface area contributed by atoms with E-state index in [0.29, 0.717) is 19.8 Å². The largest absolute Gasteiger partial charge is 2.00 e. The van der Waals surface area contributed by atoms with Gasteiger partial charge in [0.25, 0.3) is 0 Å². The molecule has 0 aliphatic rings. The van der Waals surface area contributed by atoms with Gasteiger partial charge in [-0.05, 0) is 5.56 Å². The SMILES string of the molecule is [Br-].[Mg+2].[c-]1ccccc1OCCOCc1ccccc1. The van der Waals surface area contributed by atoms with Crippen molar-refractivity contribution in [2.75, 3.05) is 13.2 Å². The summed E-state index contributed by atoms with van der Waals surface area (Å²) in [4.78, 5) is 0. The molecule has 0 aromatic heterocycles. The van der Waals surface area contributed by atoms with Crippen LogP contribution in [0.5, 0.6) is 5.75 Å². The quantitative estimate of drug-likeness (QED) is 0.411. The van der Waals surface area contributed by atoms with E-state index in [2.05, 4.69) is 6.07 Å². The molecule has 0 radical (unpaired) electrons. The number of ether oxygens (including phenoxy) is 2. The first-order valence-electron chi connectivity index (χ1n) is 5.66. The van der Waals surface area contributed by atoms with Crippen LogP contribution in [0.3, 0.4) is 0 Å². The molecule has 0 heterocycles. The van der Waals surface area contributed by atoms with E-state index in [4.69, 9.17) is 9.47 Å². The van der Waals surface area contributed by atoms with Crippen molar-refractivity contribution in [1.29, 1.82) is 0 Å². The third kappa shape index (κ3) is 7.57. The molecule has 19 heavy (non-hydrogen) atoms. The third-order valence-corrected chi connectivity index (χ3v) is 2.28. The molecule has 0 atom stereocenters. The van der Waals surface area contributed by atoms with E-state index in [0.717, 1.165) is 5.75 Å². The molecule has 0 amide bonds. The van der Waals surface area contributed by atoms with Crippen LogP contribution in [0.4, 0.5) is 0 Å². The molecule has 4 heteroatoms. The summed E-state index contributed by atoms with van der Waals surface area (Å²) in [7, 11) is 0. The van der Waals surface area contributed by atoms with Gasteiger partial charge in [-0.1, -0.05) is 30.3 Å². The molecule has 0 unspecified atom stereocenters. The first-order valence-corrected chi connectivity index (χ1v) is 5.66. The Morgan fingerprint density at radius 3 is 2.32 bits per heavy atom. The van der Waals surface area contributed by atoms with Crippen molar-refractivity contribution in [3.05, 3.63) is 66.2 Å². The predicted octanol–water partition coefficient (Wildman–Crippen LogP) is -0.294. The van der Waals surface area contributed by atoms with Crippen LogP contribution in [0.2, 0.25) is 0 Å². The van der Waals surface area contributed by atoms with Gasteiger partial charge in [0.05, 0.1) is 13.2 Å². The van der Waals surface area contributed by atoms with Crippen molar-refractivity contribution >= 4 is 23.1 Å². The molecule has 2 aromatic rings. The molecule has 0 aliphatic heterocycles. The Morgan fingerprint density at radius 2 is 1.63 bits per heavy atom. The summed E-state index contributed by atoms with van der Waals surface area (Å²) in [5.74, 6) is 0.760. The number of para-hydroxylation sites is 1. The molecule has 2 nitrogen and oxygen atoms in total. The van der Waals surface area contributed by atoms with Gasteiger partial charge in [-0.15, -0.1) is 12.1 Å². The number of benzene rings is 2. The minimum absolute atomic E-state index is 0. The molecule has 0 bridgehead atoms. The minimum atomic E-state index is 0. The van der Waals surface area contributed by atoms with Crippen molar-refractivity contribution in [3.63, 3.8) is 0 Å². The first kappa shape index (κ1) is 18.4. The van der Waals surface area contributed by atoms with E-state index < -0.39 is 0 Å². The van der Waals surface area contributed by atoms with E-state index in [1.54, 1.807) is 0 Å². The van der Waals surface area contributed by atoms with E-state index in [-0.39, 0.29) is 40.0 Å². The molecule has 0 spiro atoms. The second kappa shape index (κ2) is 11.3. The van der Waals surface area contributed by atoms with E-state index >= 15 is 0 Å². The zero-order valence-corrected chi connectivity index (χ0v) is 13.7. The van der Waals surface area contributed by atoms with E-state index in [1.807, 2.05) is 54.6 Å². The monoisotopic (exact) mass is 330 g/mol. The van der Waals surface area contributed by atoms with Crippen LogP contribution >= 0.6 is 0 Å². The number of rotatable bonds is 6. The Morgan fingerprint density at radius 1 is 0.895 bits per heavy atom. The topological polar surface area (TPSA) is 18.5 Å². The number of hydrogen-bond donors (Lipinski definition) is 0. The Labute approximate surface area is 141 Å². The fourth-order valence-corrected chi connectivity index (χ4v) is 1.44. The van der Waals surface area contributed by atoms with Gasteiger partial charge in [-0.3, -0.25) is 0 Å². The summed E-state index contributed by atoms with van der Waals surface area (Å²) in [6.45, 7) is 1.76. The van der Waals surface area contributed by atoms with Gasteiger partial charge in [0.15, 0.2) is 0 Å². The van der Waals surface area contributed by atoms with E-state index in [1.165, 1.54) is 5.56 Å². The normalized spacial score (nSPS) is 9.05. The van der Waals surface area contributed by atoms with Gasteiger partial charge >= 0.3 is 23.1 Å². The van der Waals surface area contributed by atoms with Crippen molar-refractivity contribution in [2.45, 2.75) is 6.61 Å². The molecule has 0 fully saturated rings. The van der Waals surface area contributed by atoms with Crippen molar-refractivity contribution in [1.82, 2.24) is 0 Å². The van der Waals surface area contributed by atoms with Gasteiger partial charge < -0.3 is 26.5 Å². The first-order chi connectivity index (χ1) is 8.45. The van der Waals surface area contributed by atoms with Gasteiger partial charge in [0, 0.05) is 5.75 Å². The van der Waals surface area contributed by atoms with Crippen LogP contribution in [0, 0.1) is 6.07 Å². The Kier molecular flexibility index (Phi) is 11.0. The van der Waals surface area contributed by atoms with Crippen LogP contribution in [-0.2, 0) is 11.3 Å². The van der Waals surface area contributed by atoms with Crippen molar-refractivity contribution < 1.29 is 26.5 Å². The van der Waals surface area contributed by atoms with Gasteiger partial charge in [-0.2, -0.15) is 18.2 Å². The summed E-state index contributed by atoms with van der Waals surface area (Å²) in [6.07, 6.45) is 0. The summed E-state index contributed by atoms with van der Waals surface area (Å²) in [5, 5.41) is 0. The molecule has 0 saturated carbocycles. The standard InChI is InChI=1S/C15H15O2.BrH.Mg/c1-3-7-14(8-4-1)13-16-11-12-17-15-9-5-2-6-10-15;;/h1-9H,11-13H2;1H;/q-1;;+2/p-1. The fourth-order valence-electron chi connectivity index (χ4n) is 1.44. The minimum Gasteiger partial charge on any atom is -1.00 e. The number of halogens is 1. The maximum absolute atomic E-state index is 5.50. The van der Waals surface area contributed by atoms with Crippen LogP contribution in [-0.4, -0.2) is 36.3 Å². The Hall–Kier alpha value is -0.554. The Bertz CT molecular complexity index is 381. The second-order valence-corrected chi connectivity index (χ2v) is 3.61. The van der Waals surface area contributed by atoms with Crippen LogP contribution < -0.4 is 21.7 Å². The second-order valence-electron chi connectivity index (χ2n) is 3.61. The van der Waals surface area contributed by atoms with Crippen LogP contribution in [0.1, 0.15) is 5.56 Å². The zero-order valence-electron chi connectivity index (χ0n) is 10.7. The smallest absolute Gasteiger partial charge is 1.00 e. The molecule has 2 rings (SSSR count). The predicted molar refractivity (Wildman–Crippen MR) is 72.6 cm³/mol. The van der Waals surface area contributed by atoms with Gasteiger partial charge in [-0.25, -0.2) is 0 Å². The molecule has 0 saturated heterocycles. The average molecular weight is 331 g/mol. The molecule has 2 aromatic carbocycles. The molecule has 0 aliphatic carbocycles. The zero-order chi connectivity index (χ0) is 11.8. The third-order valence-electron chi connectivity index (χ3n) is 2.28. The van der Waals surface area contributed by atoms with E-state index in [9.17, 15) is 0 Å². The Balaban J connectivity index is 0.00000162.